The van der Waals surface area contributed by atoms with E-state index in [0.29, 0.717) is 18.9 Å². The van der Waals surface area contributed by atoms with Crippen LogP contribution in [0.25, 0.3) is 0 Å². The lowest BCUT2D eigenvalue weighted by molar-refractivity contribution is -0.122. The summed E-state index contributed by atoms with van der Waals surface area (Å²) in [6.07, 6.45) is 2.64. The topological polar surface area (TPSA) is 83.8 Å². The fourth-order valence-corrected chi connectivity index (χ4v) is 2.13. The summed E-state index contributed by atoms with van der Waals surface area (Å²) >= 11 is 0. The zero-order valence-corrected chi connectivity index (χ0v) is 11.6. The van der Waals surface area contributed by atoms with Gasteiger partial charge in [0.1, 0.15) is 0 Å². The number of nitrogens with one attached hydrogen (secondary N) is 2. The fraction of sp³-hybridized carbons (Fsp3) is 0.667. The average Bonchev–Trinajstić information content (AvgIpc) is 3.04. The molecule has 1 heterocycles. The fourth-order valence-electron chi connectivity index (χ4n) is 2.13. The molecule has 4 N–H and O–H groups in total. The van der Waals surface area contributed by atoms with Gasteiger partial charge < -0.3 is 11.1 Å². The number of H-pyrrole nitrogens is 1. The maximum atomic E-state index is 11.9. The van der Waals surface area contributed by atoms with E-state index in [0.717, 1.165) is 24.2 Å². The number of amides is 1. The molecule has 5 nitrogen and oxygen atoms in total. The first-order valence-electron chi connectivity index (χ1n) is 6.05. The number of aromatic nitrogens is 2. The summed E-state index contributed by atoms with van der Waals surface area (Å²) in [6.45, 7) is 4.43. The van der Waals surface area contributed by atoms with Crippen LogP contribution in [0.2, 0.25) is 0 Å². The lowest BCUT2D eigenvalue weighted by Gasteiger charge is -2.29. The quantitative estimate of drug-likeness (QED) is 0.745. The molecule has 18 heavy (non-hydrogen) atoms. The van der Waals surface area contributed by atoms with E-state index in [-0.39, 0.29) is 23.9 Å². The minimum Gasteiger partial charge on any atom is -0.349 e. The van der Waals surface area contributed by atoms with Crippen molar-refractivity contribution >= 4 is 18.3 Å². The molecule has 1 aromatic heterocycles. The van der Waals surface area contributed by atoms with E-state index in [1.165, 1.54) is 0 Å². The number of nitrogens with zero attached hydrogens (tertiary/aromatic N) is 1. The molecule has 0 aromatic carbocycles. The average molecular weight is 273 g/mol. The molecule has 1 amide bonds. The van der Waals surface area contributed by atoms with Crippen LogP contribution < -0.4 is 11.1 Å². The van der Waals surface area contributed by atoms with E-state index >= 15 is 0 Å². The summed E-state index contributed by atoms with van der Waals surface area (Å²) in [6, 6.07) is 1.89. The van der Waals surface area contributed by atoms with Gasteiger partial charge in [-0.3, -0.25) is 9.89 Å². The first-order valence-corrected chi connectivity index (χ1v) is 6.05. The molecular weight excluding hydrogens is 252 g/mol. The third kappa shape index (κ3) is 3.46. The Morgan fingerprint density at radius 3 is 2.78 bits per heavy atom. The molecule has 102 valence electrons. The van der Waals surface area contributed by atoms with Crippen LogP contribution in [0.4, 0.5) is 0 Å². The number of halogens is 1. The zero-order valence-electron chi connectivity index (χ0n) is 10.8. The number of carbonyl (C=O) groups is 1. The second kappa shape index (κ2) is 5.71. The maximum absolute atomic E-state index is 11.9. The number of hydrogen-bond acceptors (Lipinski definition) is 3. The number of aromatic amines is 1. The predicted octanol–water partition coefficient (Wildman–Crippen LogP) is 0.926. The molecule has 0 saturated heterocycles. The largest absolute Gasteiger partial charge is 0.349 e. The number of hydrogen-bond donors (Lipinski definition) is 3. The van der Waals surface area contributed by atoms with Gasteiger partial charge in [0.2, 0.25) is 5.91 Å². The molecule has 1 fully saturated rings. The molecule has 0 spiro atoms. The Labute approximate surface area is 113 Å². The molecule has 1 aliphatic carbocycles. The van der Waals surface area contributed by atoms with Crippen LogP contribution in [0.5, 0.6) is 0 Å². The zero-order chi connectivity index (χ0) is 12.5. The van der Waals surface area contributed by atoms with Gasteiger partial charge in [0.05, 0.1) is 17.7 Å². The number of nitrogens with two attached hydrogens (primary N) is 1. The Morgan fingerprint density at radius 2 is 2.33 bits per heavy atom. The molecule has 1 aromatic rings. The van der Waals surface area contributed by atoms with Crippen molar-refractivity contribution in [1.29, 1.82) is 0 Å². The first kappa shape index (κ1) is 15.0. The highest BCUT2D eigenvalue weighted by atomic mass is 35.5. The number of rotatable bonds is 5. The summed E-state index contributed by atoms with van der Waals surface area (Å²) < 4.78 is 0. The van der Waals surface area contributed by atoms with Gasteiger partial charge in [-0.1, -0.05) is 0 Å². The first-order chi connectivity index (χ1) is 8.03. The highest BCUT2D eigenvalue weighted by Gasteiger charge is 2.41. The number of aryl methyl sites for hydroxylation is 1. The van der Waals surface area contributed by atoms with Crippen LogP contribution in [-0.4, -0.2) is 28.2 Å². The van der Waals surface area contributed by atoms with Crippen LogP contribution in [0.1, 0.15) is 31.2 Å². The lowest BCUT2D eigenvalue weighted by atomic mass is 9.95. The van der Waals surface area contributed by atoms with Crippen molar-refractivity contribution in [3.8, 4) is 0 Å². The van der Waals surface area contributed by atoms with Crippen molar-refractivity contribution in [3.05, 3.63) is 17.5 Å². The number of carbonyl (C=O) groups excluding carboxylic acids is 1. The van der Waals surface area contributed by atoms with Crippen molar-refractivity contribution in [2.24, 2.45) is 11.7 Å². The smallest absolute Gasteiger partial charge is 0.226 e. The third-order valence-electron chi connectivity index (χ3n) is 3.43. The summed E-state index contributed by atoms with van der Waals surface area (Å²) in [5.41, 5.74) is 7.25. The van der Waals surface area contributed by atoms with Gasteiger partial charge in [0.25, 0.3) is 0 Å². The van der Waals surface area contributed by atoms with Crippen LogP contribution in [0.3, 0.4) is 0 Å². The molecule has 2 rings (SSSR count). The monoisotopic (exact) mass is 272 g/mol. The lowest BCUT2D eigenvalue weighted by Crippen LogP contribution is -2.53. The normalized spacial score (nSPS) is 17.7. The van der Waals surface area contributed by atoms with Gasteiger partial charge in [-0.15, -0.1) is 12.4 Å². The molecule has 6 heteroatoms. The second-order valence-corrected chi connectivity index (χ2v) is 5.16. The Kier molecular flexibility index (Phi) is 4.76. The summed E-state index contributed by atoms with van der Waals surface area (Å²) in [5, 5.41) is 9.93. The van der Waals surface area contributed by atoms with Crippen molar-refractivity contribution in [2.75, 3.05) is 6.54 Å². The molecule has 1 unspecified atom stereocenters. The van der Waals surface area contributed by atoms with Gasteiger partial charge in [0, 0.05) is 12.2 Å². The van der Waals surface area contributed by atoms with Gasteiger partial charge in [-0.05, 0) is 38.7 Å². The summed E-state index contributed by atoms with van der Waals surface area (Å²) in [5.74, 6) is 0.536. The van der Waals surface area contributed by atoms with Crippen molar-refractivity contribution in [3.63, 3.8) is 0 Å². The van der Waals surface area contributed by atoms with Crippen LogP contribution in [-0.2, 0) is 11.2 Å². The minimum absolute atomic E-state index is 0. The van der Waals surface area contributed by atoms with Gasteiger partial charge in [-0.25, -0.2) is 0 Å². The summed E-state index contributed by atoms with van der Waals surface area (Å²) in [7, 11) is 0. The molecule has 1 atom stereocenters. The van der Waals surface area contributed by atoms with Crippen molar-refractivity contribution in [2.45, 2.75) is 38.6 Å². The highest BCUT2D eigenvalue weighted by molar-refractivity contribution is 5.85. The Bertz CT molecular complexity index is 416. The van der Waals surface area contributed by atoms with Gasteiger partial charge in [0.15, 0.2) is 0 Å². The highest BCUT2D eigenvalue weighted by Crippen LogP contribution is 2.38. The van der Waals surface area contributed by atoms with E-state index < -0.39 is 0 Å². The van der Waals surface area contributed by atoms with Gasteiger partial charge in [-0.2, -0.15) is 5.10 Å². The SMILES string of the molecule is Cc1cc(CC(=O)NC(C)(CN)C2CC2)n[nH]1.Cl. The molecule has 0 bridgehead atoms. The van der Waals surface area contributed by atoms with E-state index in [4.69, 9.17) is 5.73 Å². The van der Waals surface area contributed by atoms with Crippen LogP contribution in [0, 0.1) is 12.8 Å². The predicted molar refractivity (Wildman–Crippen MR) is 72.6 cm³/mol. The second-order valence-electron chi connectivity index (χ2n) is 5.16. The summed E-state index contributed by atoms with van der Waals surface area (Å²) in [4.78, 5) is 11.9. The molecule has 1 saturated carbocycles. The molecule has 0 aliphatic heterocycles. The Morgan fingerprint density at radius 1 is 1.67 bits per heavy atom. The van der Waals surface area contributed by atoms with Crippen LogP contribution in [0.15, 0.2) is 6.07 Å². The standard InChI is InChI=1S/C12H20N4O.ClH/c1-8-5-10(16-15-8)6-11(17)14-12(2,7-13)9-3-4-9;/h5,9H,3-4,6-7,13H2,1-2H3,(H,14,17)(H,15,16);1H. The minimum atomic E-state index is -0.248. The van der Waals surface area contributed by atoms with Crippen molar-refractivity contribution in [1.82, 2.24) is 15.5 Å². The van der Waals surface area contributed by atoms with Gasteiger partial charge >= 0.3 is 0 Å². The van der Waals surface area contributed by atoms with E-state index in [1.807, 2.05) is 19.9 Å². The Balaban J connectivity index is 0.00000162. The molecule has 0 radical (unpaired) electrons. The van der Waals surface area contributed by atoms with Crippen LogP contribution >= 0.6 is 12.4 Å². The molecule has 1 aliphatic rings. The maximum Gasteiger partial charge on any atom is 0.226 e. The van der Waals surface area contributed by atoms with Crippen molar-refractivity contribution < 1.29 is 4.79 Å². The van der Waals surface area contributed by atoms with E-state index in [2.05, 4.69) is 15.5 Å². The molecular formula is C12H21ClN4O. The third-order valence-corrected chi connectivity index (χ3v) is 3.43. The van der Waals surface area contributed by atoms with E-state index in [1.54, 1.807) is 0 Å². The van der Waals surface area contributed by atoms with E-state index in [9.17, 15) is 4.79 Å². The Hall–Kier alpha value is -1.07.